The fraction of sp³-hybridized carbons (Fsp3) is 0.500. The zero-order chi connectivity index (χ0) is 10.5. The van der Waals surface area contributed by atoms with Crippen molar-refractivity contribution in [1.82, 2.24) is 9.88 Å². The van der Waals surface area contributed by atoms with Gasteiger partial charge in [-0.15, -0.1) is 0 Å². The summed E-state index contributed by atoms with van der Waals surface area (Å²) in [6, 6.07) is 6.44. The lowest BCUT2D eigenvalue weighted by atomic mass is 9.99. The van der Waals surface area contributed by atoms with Gasteiger partial charge in [0.05, 0.1) is 12.0 Å². The molecule has 1 aromatic rings. The molecule has 0 N–H and O–H groups in total. The highest BCUT2D eigenvalue weighted by Crippen LogP contribution is 2.17. The molecule has 2 rings (SSSR count). The first-order chi connectivity index (χ1) is 7.38. The highest BCUT2D eigenvalue weighted by Gasteiger charge is 2.18. The Labute approximate surface area is 90.4 Å². The van der Waals surface area contributed by atoms with E-state index in [0.717, 1.165) is 32.5 Å². The van der Waals surface area contributed by atoms with Crippen LogP contribution in [0.4, 0.5) is 0 Å². The zero-order valence-electron chi connectivity index (χ0n) is 8.76. The number of nitriles is 1. The second-order valence-corrected chi connectivity index (χ2v) is 4.06. The quantitative estimate of drug-likeness (QED) is 0.732. The van der Waals surface area contributed by atoms with E-state index in [1.807, 2.05) is 24.5 Å². The summed E-state index contributed by atoms with van der Waals surface area (Å²) >= 11 is 0. The van der Waals surface area contributed by atoms with Gasteiger partial charge < -0.3 is 0 Å². The lowest BCUT2D eigenvalue weighted by Crippen LogP contribution is -2.34. The molecule has 0 amide bonds. The van der Waals surface area contributed by atoms with Gasteiger partial charge in [-0.05, 0) is 37.1 Å². The molecular weight excluding hydrogens is 186 g/mol. The molecule has 0 radical (unpaired) electrons. The molecule has 0 aromatic carbocycles. The average Bonchev–Trinajstić information content (AvgIpc) is 2.31. The van der Waals surface area contributed by atoms with Crippen molar-refractivity contribution in [3.05, 3.63) is 30.1 Å². The zero-order valence-corrected chi connectivity index (χ0v) is 8.76. The van der Waals surface area contributed by atoms with E-state index in [-0.39, 0.29) is 5.92 Å². The standard InChI is InChI=1S/C12H15N3/c13-8-12-2-1-7-15(10-12)9-11-3-5-14-6-4-11/h3-6,12H,1-2,7,9-10H2. The second kappa shape index (κ2) is 4.90. The number of piperidine rings is 1. The summed E-state index contributed by atoms with van der Waals surface area (Å²) in [6.07, 6.45) is 5.84. The summed E-state index contributed by atoms with van der Waals surface area (Å²) in [6.45, 7) is 2.97. The molecule has 0 aliphatic carbocycles. The molecule has 1 aliphatic heterocycles. The topological polar surface area (TPSA) is 39.9 Å². The minimum atomic E-state index is 0.223. The summed E-state index contributed by atoms with van der Waals surface area (Å²) in [5.74, 6) is 0.223. The second-order valence-electron chi connectivity index (χ2n) is 4.06. The largest absolute Gasteiger partial charge is 0.298 e. The van der Waals surface area contributed by atoms with E-state index >= 15 is 0 Å². The predicted molar refractivity (Wildman–Crippen MR) is 57.9 cm³/mol. The maximum atomic E-state index is 8.89. The Balaban J connectivity index is 1.93. The number of nitrogens with zero attached hydrogens (tertiary/aromatic N) is 3. The van der Waals surface area contributed by atoms with Crippen LogP contribution in [0.25, 0.3) is 0 Å². The van der Waals surface area contributed by atoms with Gasteiger partial charge in [-0.1, -0.05) is 0 Å². The molecule has 0 bridgehead atoms. The van der Waals surface area contributed by atoms with Gasteiger partial charge in [0.2, 0.25) is 0 Å². The van der Waals surface area contributed by atoms with Crippen molar-refractivity contribution < 1.29 is 0 Å². The van der Waals surface area contributed by atoms with Crippen molar-refractivity contribution in [3.63, 3.8) is 0 Å². The third kappa shape index (κ3) is 2.77. The van der Waals surface area contributed by atoms with Crippen molar-refractivity contribution in [3.8, 4) is 6.07 Å². The summed E-state index contributed by atoms with van der Waals surface area (Å²) in [4.78, 5) is 6.35. The van der Waals surface area contributed by atoms with E-state index in [1.54, 1.807) is 0 Å². The fourth-order valence-electron chi connectivity index (χ4n) is 2.05. The van der Waals surface area contributed by atoms with Crippen LogP contribution in [-0.2, 0) is 6.54 Å². The summed E-state index contributed by atoms with van der Waals surface area (Å²) in [5, 5.41) is 8.89. The Morgan fingerprint density at radius 2 is 2.27 bits per heavy atom. The van der Waals surface area contributed by atoms with Gasteiger partial charge in [0.15, 0.2) is 0 Å². The van der Waals surface area contributed by atoms with Crippen LogP contribution in [0.3, 0.4) is 0 Å². The van der Waals surface area contributed by atoms with Crippen LogP contribution in [0.5, 0.6) is 0 Å². The number of aromatic nitrogens is 1. The van der Waals surface area contributed by atoms with Crippen LogP contribution < -0.4 is 0 Å². The monoisotopic (exact) mass is 201 g/mol. The SMILES string of the molecule is N#CC1CCCN(Cc2ccncc2)C1. The lowest BCUT2D eigenvalue weighted by Gasteiger charge is -2.29. The van der Waals surface area contributed by atoms with Gasteiger partial charge in [-0.25, -0.2) is 0 Å². The highest BCUT2D eigenvalue weighted by atomic mass is 15.1. The van der Waals surface area contributed by atoms with Crippen LogP contribution in [0.15, 0.2) is 24.5 Å². The normalized spacial score (nSPS) is 22.2. The number of pyridine rings is 1. The number of hydrogen-bond donors (Lipinski definition) is 0. The predicted octanol–water partition coefficient (Wildman–Crippen LogP) is 1.82. The minimum Gasteiger partial charge on any atom is -0.298 e. The van der Waals surface area contributed by atoms with Crippen LogP contribution in [-0.4, -0.2) is 23.0 Å². The Hall–Kier alpha value is -1.40. The average molecular weight is 201 g/mol. The molecule has 2 heterocycles. The fourth-order valence-corrected chi connectivity index (χ4v) is 2.05. The van der Waals surface area contributed by atoms with E-state index in [9.17, 15) is 0 Å². The Bertz CT molecular complexity index is 342. The third-order valence-corrected chi connectivity index (χ3v) is 2.84. The maximum Gasteiger partial charge on any atom is 0.0669 e. The molecule has 1 aliphatic rings. The number of rotatable bonds is 2. The van der Waals surface area contributed by atoms with Crippen LogP contribution in [0.1, 0.15) is 18.4 Å². The molecule has 3 heteroatoms. The molecule has 1 fully saturated rings. The summed E-state index contributed by atoms with van der Waals surface area (Å²) < 4.78 is 0. The molecule has 1 atom stereocenters. The molecule has 3 nitrogen and oxygen atoms in total. The Morgan fingerprint density at radius 3 is 3.00 bits per heavy atom. The van der Waals surface area contributed by atoms with Crippen molar-refractivity contribution in [2.45, 2.75) is 19.4 Å². The van der Waals surface area contributed by atoms with Crippen molar-refractivity contribution >= 4 is 0 Å². The lowest BCUT2D eigenvalue weighted by molar-refractivity contribution is 0.192. The van der Waals surface area contributed by atoms with Crippen molar-refractivity contribution in [1.29, 1.82) is 5.26 Å². The molecule has 1 unspecified atom stereocenters. The summed E-state index contributed by atoms with van der Waals surface area (Å²) in [5.41, 5.74) is 1.28. The van der Waals surface area contributed by atoms with Crippen LogP contribution in [0, 0.1) is 17.2 Å². The van der Waals surface area contributed by atoms with Crippen molar-refractivity contribution in [2.24, 2.45) is 5.92 Å². The molecule has 1 saturated heterocycles. The third-order valence-electron chi connectivity index (χ3n) is 2.84. The van der Waals surface area contributed by atoms with E-state index < -0.39 is 0 Å². The van der Waals surface area contributed by atoms with Gasteiger partial charge in [-0.2, -0.15) is 5.26 Å². The van der Waals surface area contributed by atoms with E-state index in [1.165, 1.54) is 5.56 Å². The molecule has 0 spiro atoms. The maximum absolute atomic E-state index is 8.89. The Morgan fingerprint density at radius 1 is 1.47 bits per heavy atom. The summed E-state index contributed by atoms with van der Waals surface area (Å²) in [7, 11) is 0. The number of likely N-dealkylation sites (tertiary alicyclic amines) is 1. The molecule has 1 aromatic heterocycles. The first-order valence-electron chi connectivity index (χ1n) is 5.39. The molecule has 78 valence electrons. The van der Waals surface area contributed by atoms with E-state index in [4.69, 9.17) is 5.26 Å². The highest BCUT2D eigenvalue weighted by molar-refractivity contribution is 5.09. The molecular formula is C12H15N3. The van der Waals surface area contributed by atoms with Gasteiger partial charge >= 0.3 is 0 Å². The smallest absolute Gasteiger partial charge is 0.0669 e. The van der Waals surface area contributed by atoms with Crippen LogP contribution >= 0.6 is 0 Å². The first kappa shape index (κ1) is 10.1. The van der Waals surface area contributed by atoms with E-state index in [2.05, 4.69) is 16.0 Å². The van der Waals surface area contributed by atoms with Crippen LogP contribution in [0.2, 0.25) is 0 Å². The van der Waals surface area contributed by atoms with E-state index in [0.29, 0.717) is 0 Å². The van der Waals surface area contributed by atoms with Gasteiger partial charge in [0, 0.05) is 25.5 Å². The van der Waals surface area contributed by atoms with Crippen molar-refractivity contribution in [2.75, 3.05) is 13.1 Å². The molecule has 15 heavy (non-hydrogen) atoms. The first-order valence-corrected chi connectivity index (χ1v) is 5.39. The minimum absolute atomic E-state index is 0.223. The van der Waals surface area contributed by atoms with Gasteiger partial charge in [-0.3, -0.25) is 9.88 Å². The van der Waals surface area contributed by atoms with Gasteiger partial charge in [0.1, 0.15) is 0 Å². The number of hydrogen-bond acceptors (Lipinski definition) is 3. The van der Waals surface area contributed by atoms with Gasteiger partial charge in [0.25, 0.3) is 0 Å². The Kier molecular flexibility index (Phi) is 3.31. The molecule has 0 saturated carbocycles.